The van der Waals surface area contributed by atoms with Crippen LogP contribution in [0.2, 0.25) is 5.02 Å². The summed E-state index contributed by atoms with van der Waals surface area (Å²) in [6.07, 6.45) is 1.65. The molecule has 0 saturated heterocycles. The first-order valence-corrected chi connectivity index (χ1v) is 9.31. The molecule has 4 nitrogen and oxygen atoms in total. The van der Waals surface area contributed by atoms with E-state index in [1.165, 1.54) is 0 Å². The molecule has 0 radical (unpaired) electrons. The van der Waals surface area contributed by atoms with Gasteiger partial charge in [-0.3, -0.25) is 9.69 Å². The summed E-state index contributed by atoms with van der Waals surface area (Å²) in [5.41, 5.74) is 2.18. The summed E-state index contributed by atoms with van der Waals surface area (Å²) in [4.78, 5) is 14.7. The van der Waals surface area contributed by atoms with Crippen LogP contribution >= 0.6 is 11.6 Å². The molecule has 1 atom stereocenters. The maximum Gasteiger partial charge on any atom is 0.234 e. The van der Waals surface area contributed by atoms with Crippen molar-refractivity contribution in [2.24, 2.45) is 0 Å². The first kappa shape index (κ1) is 19.2. The average Bonchev–Trinajstić information content (AvgIpc) is 3.16. The Kier molecular flexibility index (Phi) is 6.69. The minimum absolute atomic E-state index is 0.0278. The lowest BCUT2D eigenvalue weighted by atomic mass is 10.1. The highest BCUT2D eigenvalue weighted by Gasteiger charge is 2.16. The zero-order chi connectivity index (χ0) is 19.1. The van der Waals surface area contributed by atoms with Crippen LogP contribution in [0.15, 0.2) is 77.4 Å². The summed E-state index contributed by atoms with van der Waals surface area (Å²) in [6.45, 7) is 3.50. The molecule has 0 fully saturated rings. The molecule has 3 rings (SSSR count). The summed E-state index contributed by atoms with van der Waals surface area (Å²) >= 11 is 5.93. The number of rotatable bonds is 8. The second kappa shape index (κ2) is 9.40. The van der Waals surface area contributed by atoms with Gasteiger partial charge in [0.2, 0.25) is 5.91 Å². The van der Waals surface area contributed by atoms with Gasteiger partial charge >= 0.3 is 0 Å². The van der Waals surface area contributed by atoms with Gasteiger partial charge in [0, 0.05) is 11.6 Å². The fraction of sp³-hybridized carbons (Fsp3) is 0.227. The molecule has 1 heterocycles. The standard InChI is InChI=1S/C22H23ClN2O2/c1-17(19-9-11-20(23)12-10-19)24-22(26)16-25(15-21-8-5-13-27-21)14-18-6-3-2-4-7-18/h2-13,17H,14-16H2,1H3,(H,24,26). The number of carbonyl (C=O) groups is 1. The normalized spacial score (nSPS) is 12.1. The van der Waals surface area contributed by atoms with Crippen LogP contribution < -0.4 is 5.32 Å². The fourth-order valence-electron chi connectivity index (χ4n) is 2.96. The molecule has 0 bridgehead atoms. The Morgan fingerprint density at radius 1 is 1.04 bits per heavy atom. The molecule has 5 heteroatoms. The largest absolute Gasteiger partial charge is 0.468 e. The van der Waals surface area contributed by atoms with Crippen LogP contribution in [0.3, 0.4) is 0 Å². The second-order valence-electron chi connectivity index (χ2n) is 6.55. The summed E-state index contributed by atoms with van der Waals surface area (Å²) in [7, 11) is 0. The summed E-state index contributed by atoms with van der Waals surface area (Å²) in [6, 6.07) is 21.3. The molecule has 0 aliphatic heterocycles. The van der Waals surface area contributed by atoms with Gasteiger partial charge in [0.25, 0.3) is 0 Å². The quantitative estimate of drug-likeness (QED) is 0.608. The molecular formula is C22H23ClN2O2. The van der Waals surface area contributed by atoms with Crippen LogP contribution in [0.1, 0.15) is 29.9 Å². The lowest BCUT2D eigenvalue weighted by Crippen LogP contribution is -2.37. The molecule has 27 heavy (non-hydrogen) atoms. The SMILES string of the molecule is CC(NC(=O)CN(Cc1ccccc1)Cc1ccco1)c1ccc(Cl)cc1. The molecular weight excluding hydrogens is 360 g/mol. The van der Waals surface area contributed by atoms with Crippen LogP contribution in [-0.2, 0) is 17.9 Å². The van der Waals surface area contributed by atoms with E-state index in [0.717, 1.165) is 16.9 Å². The van der Waals surface area contributed by atoms with Gasteiger partial charge in [-0.25, -0.2) is 0 Å². The summed E-state index contributed by atoms with van der Waals surface area (Å²) in [5.74, 6) is 0.810. The summed E-state index contributed by atoms with van der Waals surface area (Å²) < 4.78 is 5.46. The van der Waals surface area contributed by atoms with Crippen molar-refractivity contribution in [2.45, 2.75) is 26.1 Å². The molecule has 0 aliphatic carbocycles. The number of furan rings is 1. The molecule has 0 saturated carbocycles. The van der Waals surface area contributed by atoms with Gasteiger partial charge < -0.3 is 9.73 Å². The Hall–Kier alpha value is -2.56. The van der Waals surface area contributed by atoms with E-state index in [4.69, 9.17) is 16.0 Å². The van der Waals surface area contributed by atoms with E-state index in [-0.39, 0.29) is 18.5 Å². The van der Waals surface area contributed by atoms with E-state index in [1.54, 1.807) is 6.26 Å². The lowest BCUT2D eigenvalue weighted by molar-refractivity contribution is -0.123. The van der Waals surface area contributed by atoms with Crippen LogP contribution in [0.5, 0.6) is 0 Å². The van der Waals surface area contributed by atoms with E-state index in [9.17, 15) is 4.79 Å². The fourth-order valence-corrected chi connectivity index (χ4v) is 3.08. The first-order chi connectivity index (χ1) is 13.1. The number of halogens is 1. The zero-order valence-electron chi connectivity index (χ0n) is 15.3. The molecule has 0 aliphatic rings. The number of nitrogens with one attached hydrogen (secondary N) is 1. The molecule has 1 unspecified atom stereocenters. The van der Waals surface area contributed by atoms with Crippen molar-refractivity contribution in [3.63, 3.8) is 0 Å². The van der Waals surface area contributed by atoms with Crippen molar-refractivity contribution in [3.05, 3.63) is 94.9 Å². The highest BCUT2D eigenvalue weighted by molar-refractivity contribution is 6.30. The van der Waals surface area contributed by atoms with E-state index < -0.39 is 0 Å². The van der Waals surface area contributed by atoms with Crippen molar-refractivity contribution in [3.8, 4) is 0 Å². The maximum atomic E-state index is 12.6. The Balaban J connectivity index is 1.63. The van der Waals surface area contributed by atoms with Gasteiger partial charge in [-0.1, -0.05) is 54.1 Å². The summed E-state index contributed by atoms with van der Waals surface area (Å²) in [5, 5.41) is 3.74. The number of benzene rings is 2. The van der Waals surface area contributed by atoms with E-state index in [0.29, 0.717) is 18.1 Å². The Morgan fingerprint density at radius 2 is 1.78 bits per heavy atom. The van der Waals surface area contributed by atoms with Crippen LogP contribution in [0.25, 0.3) is 0 Å². The van der Waals surface area contributed by atoms with E-state index >= 15 is 0 Å². The third kappa shape index (κ3) is 5.98. The zero-order valence-corrected chi connectivity index (χ0v) is 16.0. The predicted octanol–water partition coefficient (Wildman–Crippen LogP) is 4.81. The molecule has 0 spiro atoms. The Labute approximate surface area is 164 Å². The topological polar surface area (TPSA) is 45.5 Å². The lowest BCUT2D eigenvalue weighted by Gasteiger charge is -2.22. The van der Waals surface area contributed by atoms with Crippen LogP contribution in [-0.4, -0.2) is 17.4 Å². The third-order valence-electron chi connectivity index (χ3n) is 4.32. The number of hydrogen-bond acceptors (Lipinski definition) is 3. The van der Waals surface area contributed by atoms with Gasteiger partial charge in [-0.15, -0.1) is 0 Å². The number of carbonyl (C=O) groups excluding carboxylic acids is 1. The average molecular weight is 383 g/mol. The highest BCUT2D eigenvalue weighted by atomic mass is 35.5. The van der Waals surface area contributed by atoms with E-state index in [2.05, 4.69) is 22.3 Å². The van der Waals surface area contributed by atoms with Crippen molar-refractivity contribution in [1.29, 1.82) is 0 Å². The maximum absolute atomic E-state index is 12.6. The second-order valence-corrected chi connectivity index (χ2v) is 6.99. The molecule has 2 aromatic carbocycles. The van der Waals surface area contributed by atoms with E-state index in [1.807, 2.05) is 61.5 Å². The predicted molar refractivity (Wildman–Crippen MR) is 107 cm³/mol. The number of nitrogens with zero attached hydrogens (tertiary/aromatic N) is 1. The molecule has 3 aromatic rings. The minimum Gasteiger partial charge on any atom is -0.468 e. The minimum atomic E-state index is -0.0862. The van der Waals surface area contributed by atoms with Crippen molar-refractivity contribution in [2.75, 3.05) is 6.54 Å². The van der Waals surface area contributed by atoms with Crippen molar-refractivity contribution >= 4 is 17.5 Å². The van der Waals surface area contributed by atoms with Crippen LogP contribution in [0, 0.1) is 0 Å². The molecule has 1 aromatic heterocycles. The number of hydrogen-bond donors (Lipinski definition) is 1. The smallest absolute Gasteiger partial charge is 0.234 e. The highest BCUT2D eigenvalue weighted by Crippen LogP contribution is 2.16. The van der Waals surface area contributed by atoms with Crippen LogP contribution in [0.4, 0.5) is 0 Å². The third-order valence-corrected chi connectivity index (χ3v) is 4.58. The Morgan fingerprint density at radius 3 is 2.44 bits per heavy atom. The monoisotopic (exact) mass is 382 g/mol. The van der Waals surface area contributed by atoms with Gasteiger partial charge in [0.15, 0.2) is 0 Å². The van der Waals surface area contributed by atoms with Crippen molar-refractivity contribution in [1.82, 2.24) is 10.2 Å². The van der Waals surface area contributed by atoms with Gasteiger partial charge in [0.05, 0.1) is 25.4 Å². The first-order valence-electron chi connectivity index (χ1n) is 8.93. The number of amides is 1. The van der Waals surface area contributed by atoms with Gasteiger partial charge in [0.1, 0.15) is 5.76 Å². The molecule has 1 N–H and O–H groups in total. The molecule has 1 amide bonds. The van der Waals surface area contributed by atoms with Gasteiger partial charge in [-0.05, 0) is 42.3 Å². The Bertz CT molecular complexity index is 833. The van der Waals surface area contributed by atoms with Gasteiger partial charge in [-0.2, -0.15) is 0 Å². The molecule has 140 valence electrons. The van der Waals surface area contributed by atoms with Crippen molar-refractivity contribution < 1.29 is 9.21 Å².